The summed E-state index contributed by atoms with van der Waals surface area (Å²) in [7, 11) is 0. The molecule has 0 radical (unpaired) electrons. The fourth-order valence-corrected chi connectivity index (χ4v) is 14.2. The first-order valence-corrected chi connectivity index (χ1v) is 22.9. The number of hydrogen-bond acceptors (Lipinski definition) is 0. The van der Waals surface area contributed by atoms with Crippen molar-refractivity contribution in [3.05, 3.63) is 193 Å². The fourth-order valence-electron chi connectivity index (χ4n) is 14.2. The zero-order chi connectivity index (χ0) is 39.8. The molecule has 0 heteroatoms. The molecule has 0 aromatic heterocycles. The molecule has 0 spiro atoms. The van der Waals surface area contributed by atoms with E-state index in [1.54, 1.807) is 11.1 Å². The number of rotatable bonds is 4. The third-order valence-electron chi connectivity index (χ3n) is 16.1. The van der Waals surface area contributed by atoms with E-state index < -0.39 is 0 Å². The van der Waals surface area contributed by atoms with Crippen LogP contribution in [0.1, 0.15) is 49.1 Å². The van der Waals surface area contributed by atoms with Crippen molar-refractivity contribution in [3.8, 4) is 44.5 Å². The first kappa shape index (κ1) is 34.2. The van der Waals surface area contributed by atoms with Gasteiger partial charge in [-0.15, -0.1) is 0 Å². The molecule has 0 N–H and O–H groups in total. The molecule has 10 aromatic rings. The summed E-state index contributed by atoms with van der Waals surface area (Å²) < 4.78 is 0. The zero-order valence-corrected chi connectivity index (χ0v) is 34.3. The lowest BCUT2D eigenvalue weighted by molar-refractivity contribution is -0.0424. The highest BCUT2D eigenvalue weighted by Crippen LogP contribution is 2.64. The Morgan fingerprint density at radius 2 is 0.770 bits per heavy atom. The van der Waals surface area contributed by atoms with Crippen LogP contribution in [0.2, 0.25) is 0 Å². The predicted octanol–water partition coefficient (Wildman–Crippen LogP) is 16.6. The molecule has 15 rings (SSSR count). The molecule has 0 saturated heterocycles. The summed E-state index contributed by atoms with van der Waals surface area (Å²) >= 11 is 0. The highest BCUT2D eigenvalue weighted by atomic mass is 14.6. The van der Waals surface area contributed by atoms with Gasteiger partial charge in [0.15, 0.2) is 0 Å². The van der Waals surface area contributed by atoms with Crippen molar-refractivity contribution >= 4 is 53.9 Å². The molecule has 0 heterocycles. The molecule has 0 amide bonds. The van der Waals surface area contributed by atoms with Gasteiger partial charge in [-0.05, 0) is 177 Å². The van der Waals surface area contributed by atoms with Gasteiger partial charge in [0.2, 0.25) is 0 Å². The Bertz CT molecular complexity index is 3360. The van der Waals surface area contributed by atoms with E-state index in [1.807, 2.05) is 0 Å². The van der Waals surface area contributed by atoms with Crippen molar-refractivity contribution in [1.82, 2.24) is 0 Å². The molecule has 4 bridgehead atoms. The van der Waals surface area contributed by atoms with E-state index in [0.29, 0.717) is 5.92 Å². The minimum absolute atomic E-state index is 0.479. The second kappa shape index (κ2) is 13.0. The summed E-state index contributed by atoms with van der Waals surface area (Å²) in [6.07, 6.45) is 7.30. The van der Waals surface area contributed by atoms with Crippen LogP contribution in [0, 0.1) is 29.6 Å². The van der Waals surface area contributed by atoms with Crippen LogP contribution < -0.4 is 0 Å². The highest BCUT2D eigenvalue weighted by molar-refractivity contribution is 6.29. The predicted molar refractivity (Wildman–Crippen MR) is 258 cm³/mol. The summed E-state index contributed by atoms with van der Waals surface area (Å²) in [6, 6.07) is 69.6. The summed E-state index contributed by atoms with van der Waals surface area (Å²) in [5.74, 6) is 4.89. The first-order valence-electron chi connectivity index (χ1n) is 22.9. The molecule has 4 saturated carbocycles. The van der Waals surface area contributed by atoms with Crippen LogP contribution in [0.25, 0.3) is 98.4 Å². The first-order chi connectivity index (χ1) is 30.3. The number of fused-ring (bicyclic) bond motifs is 10. The second-order valence-electron chi connectivity index (χ2n) is 19.1. The van der Waals surface area contributed by atoms with Crippen LogP contribution in [-0.2, 0) is 0 Å². The van der Waals surface area contributed by atoms with Gasteiger partial charge in [0.25, 0.3) is 0 Å². The van der Waals surface area contributed by atoms with Crippen LogP contribution in [0.3, 0.4) is 0 Å². The summed E-state index contributed by atoms with van der Waals surface area (Å²) in [6.45, 7) is 0. The molecule has 0 aliphatic heterocycles. The van der Waals surface area contributed by atoms with Crippen molar-refractivity contribution in [2.24, 2.45) is 29.6 Å². The summed E-state index contributed by atoms with van der Waals surface area (Å²) in [5.41, 5.74) is 13.9. The molecule has 0 nitrogen and oxygen atoms in total. The lowest BCUT2D eigenvalue weighted by atomic mass is 9.49. The van der Waals surface area contributed by atoms with Crippen molar-refractivity contribution in [1.29, 1.82) is 0 Å². The fraction of sp³-hybridized carbons (Fsp3) is 0.180. The van der Waals surface area contributed by atoms with Crippen LogP contribution in [0.5, 0.6) is 0 Å². The molecular weight excluding hydrogens is 733 g/mol. The molecule has 5 aliphatic carbocycles. The molecule has 290 valence electrons. The smallest absolute Gasteiger partial charge is 0.0135 e. The average molecular weight is 779 g/mol. The second-order valence-corrected chi connectivity index (χ2v) is 19.1. The maximum absolute atomic E-state index is 2.62. The zero-order valence-electron chi connectivity index (χ0n) is 34.3. The lowest BCUT2D eigenvalue weighted by Crippen LogP contribution is -2.47. The van der Waals surface area contributed by atoms with E-state index in [2.05, 4.69) is 182 Å². The maximum atomic E-state index is 2.62. The van der Waals surface area contributed by atoms with Crippen LogP contribution in [-0.4, -0.2) is 0 Å². The monoisotopic (exact) mass is 778 g/mol. The maximum Gasteiger partial charge on any atom is 0.0135 e. The van der Waals surface area contributed by atoms with Gasteiger partial charge in [-0.1, -0.05) is 176 Å². The van der Waals surface area contributed by atoms with Gasteiger partial charge in [0.05, 0.1) is 0 Å². The van der Waals surface area contributed by atoms with Gasteiger partial charge in [-0.3, -0.25) is 0 Å². The van der Waals surface area contributed by atoms with E-state index >= 15 is 0 Å². The average Bonchev–Trinajstić information content (AvgIpc) is 3.64. The van der Waals surface area contributed by atoms with Crippen molar-refractivity contribution in [2.75, 3.05) is 0 Å². The largest absolute Gasteiger partial charge is 0.0622 e. The van der Waals surface area contributed by atoms with Gasteiger partial charge in [-0.25, -0.2) is 0 Å². The number of hydrogen-bond donors (Lipinski definition) is 0. The van der Waals surface area contributed by atoms with Gasteiger partial charge in [-0.2, -0.15) is 0 Å². The minimum atomic E-state index is 0.479. The van der Waals surface area contributed by atoms with Crippen molar-refractivity contribution in [3.63, 3.8) is 0 Å². The standard InChI is InChI=1S/C61H46/c1-2-15-39(16-3-1)57-46-20-8-6-18-44(46)45-19-7-9-21-47(45)61(57)59-50-24-12-10-22-48(50)56(49-23-11-13-25-51(49)59)40-27-28-52-54(35-40)58-43-17-5-4-14-38(43)26-29-53(58)60(52)55-41-31-36-30-37(33-41)34-42(55)32-36/h1-29,35-37,41-42,55,60H,30-34H2. The molecule has 1 unspecified atom stereocenters. The van der Waals surface area contributed by atoms with Crippen LogP contribution >= 0.6 is 0 Å². The third kappa shape index (κ3) is 4.88. The van der Waals surface area contributed by atoms with Gasteiger partial charge < -0.3 is 0 Å². The Hall–Kier alpha value is -6.50. The topological polar surface area (TPSA) is 0 Å². The normalized spacial score (nSPS) is 22.4. The van der Waals surface area contributed by atoms with Crippen molar-refractivity contribution in [2.45, 2.75) is 38.0 Å². The Kier molecular flexibility index (Phi) is 7.30. The Morgan fingerprint density at radius 1 is 0.295 bits per heavy atom. The molecule has 4 fully saturated rings. The Morgan fingerprint density at radius 3 is 1.38 bits per heavy atom. The molecule has 5 aliphatic rings. The summed E-state index contributed by atoms with van der Waals surface area (Å²) in [5, 5.41) is 13.1. The van der Waals surface area contributed by atoms with E-state index in [9.17, 15) is 0 Å². The lowest BCUT2D eigenvalue weighted by Gasteiger charge is -2.56. The minimum Gasteiger partial charge on any atom is -0.0622 e. The van der Waals surface area contributed by atoms with E-state index in [1.165, 1.54) is 130 Å². The van der Waals surface area contributed by atoms with Crippen LogP contribution in [0.15, 0.2) is 182 Å². The third-order valence-corrected chi connectivity index (χ3v) is 16.1. The van der Waals surface area contributed by atoms with Crippen molar-refractivity contribution < 1.29 is 0 Å². The number of benzene rings is 10. The van der Waals surface area contributed by atoms with Gasteiger partial charge in [0.1, 0.15) is 0 Å². The molecule has 1 atom stereocenters. The Balaban J connectivity index is 1.05. The molecular formula is C61H46. The summed E-state index contributed by atoms with van der Waals surface area (Å²) in [4.78, 5) is 0. The SMILES string of the molecule is c1ccc(-c2c(-c3c4ccccc4c(-c4ccc5c(c4)-c4c(ccc6ccccc46)C5C4C5CC6CC(C5)CC4C6)c4ccccc34)c3ccccc3c3ccccc23)cc1. The van der Waals surface area contributed by atoms with Crippen LogP contribution in [0.4, 0.5) is 0 Å². The van der Waals surface area contributed by atoms with E-state index in [-0.39, 0.29) is 0 Å². The Labute approximate surface area is 357 Å². The van der Waals surface area contributed by atoms with Gasteiger partial charge in [0, 0.05) is 5.92 Å². The highest BCUT2D eigenvalue weighted by Gasteiger charge is 2.52. The van der Waals surface area contributed by atoms with E-state index in [4.69, 9.17) is 0 Å². The molecule has 10 aromatic carbocycles. The van der Waals surface area contributed by atoms with Gasteiger partial charge >= 0.3 is 0 Å². The quantitative estimate of drug-likeness (QED) is 0.123. The molecule has 61 heavy (non-hydrogen) atoms. The van der Waals surface area contributed by atoms with E-state index in [0.717, 1.165) is 29.6 Å².